The standard InChI is InChI=1S/C49H44O.C2H6/c1-48(2)32-45(49(3,43-26-24-35-14-6-10-18-39(35)30-43)44-27-25-36-15-7-11-19-40(36)31-44)47(50-48)46(41-22-20-33-12-4-8-16-37(33)28-41)42-23-21-34-13-5-9-17-38(34)29-42;1-2/h4-6,8-14,16-31,45-47H,7,15,32H2,1-3H3;1-2H3/t45-,47?,49?;/m1./s1. The summed E-state index contributed by atoms with van der Waals surface area (Å²) < 4.78 is 7.43. The normalized spacial score (nSPS) is 19.0. The predicted octanol–water partition coefficient (Wildman–Crippen LogP) is 13.5. The van der Waals surface area contributed by atoms with Gasteiger partial charge in [-0.3, -0.25) is 0 Å². The Kier molecular flexibility index (Phi) is 9.10. The molecule has 2 unspecified atom stereocenters. The van der Waals surface area contributed by atoms with Gasteiger partial charge in [0.1, 0.15) is 0 Å². The molecule has 1 aliphatic carbocycles. The van der Waals surface area contributed by atoms with Crippen molar-refractivity contribution >= 4 is 38.4 Å². The summed E-state index contributed by atoms with van der Waals surface area (Å²) in [6.45, 7) is 11.1. The van der Waals surface area contributed by atoms with Gasteiger partial charge in [-0.2, -0.15) is 0 Å². The molecule has 3 atom stereocenters. The smallest absolute Gasteiger partial charge is 0.0732 e. The third-order valence-corrected chi connectivity index (χ3v) is 11.9. The van der Waals surface area contributed by atoms with E-state index in [1.54, 1.807) is 0 Å². The highest BCUT2D eigenvalue weighted by atomic mass is 16.5. The molecule has 9 rings (SSSR count). The van der Waals surface area contributed by atoms with Crippen LogP contribution in [0.15, 0.2) is 152 Å². The fraction of sp³-hybridized carbons (Fsp3) is 0.255. The minimum absolute atomic E-state index is 0.0355. The van der Waals surface area contributed by atoms with E-state index in [0.717, 1.165) is 19.3 Å². The van der Waals surface area contributed by atoms with Gasteiger partial charge in [-0.05, 0) is 98.8 Å². The molecule has 1 heteroatoms. The van der Waals surface area contributed by atoms with Crippen molar-refractivity contribution < 1.29 is 4.74 Å². The van der Waals surface area contributed by atoms with Crippen LogP contribution in [0.25, 0.3) is 38.4 Å². The molecule has 0 aromatic heterocycles. The average Bonchev–Trinajstić information content (AvgIpc) is 3.52. The highest BCUT2D eigenvalue weighted by molar-refractivity contribution is 5.85. The van der Waals surface area contributed by atoms with Gasteiger partial charge in [0.05, 0.1) is 11.7 Å². The molecule has 2 aliphatic rings. The van der Waals surface area contributed by atoms with Gasteiger partial charge in [0, 0.05) is 17.3 Å². The summed E-state index contributed by atoms with van der Waals surface area (Å²) in [4.78, 5) is 0. The molecule has 0 radical (unpaired) electrons. The first-order valence-corrected chi connectivity index (χ1v) is 19.3. The molecule has 52 heavy (non-hydrogen) atoms. The number of allylic oxidation sites excluding steroid dienone is 1. The second-order valence-corrected chi connectivity index (χ2v) is 15.5. The van der Waals surface area contributed by atoms with Crippen LogP contribution in [-0.4, -0.2) is 11.7 Å². The van der Waals surface area contributed by atoms with E-state index in [1.165, 1.54) is 65.7 Å². The number of hydrogen-bond donors (Lipinski definition) is 0. The Labute approximate surface area is 310 Å². The predicted molar refractivity (Wildman–Crippen MR) is 222 cm³/mol. The zero-order valence-electron chi connectivity index (χ0n) is 31.3. The fourth-order valence-electron chi connectivity index (χ4n) is 9.21. The lowest BCUT2D eigenvalue weighted by atomic mass is 9.61. The monoisotopic (exact) mass is 678 g/mol. The molecule has 1 fully saturated rings. The summed E-state index contributed by atoms with van der Waals surface area (Å²) in [5, 5.41) is 7.62. The molecular weight excluding hydrogens is 629 g/mol. The number of rotatable bonds is 6. The van der Waals surface area contributed by atoms with Crippen molar-refractivity contribution in [2.75, 3.05) is 0 Å². The Morgan fingerprint density at radius 2 is 1.10 bits per heavy atom. The fourth-order valence-corrected chi connectivity index (χ4v) is 9.21. The Morgan fingerprint density at radius 3 is 1.69 bits per heavy atom. The third-order valence-electron chi connectivity index (χ3n) is 11.9. The molecule has 0 N–H and O–H groups in total. The molecule has 1 aliphatic heterocycles. The summed E-state index contributed by atoms with van der Waals surface area (Å²) in [5.74, 6) is 0.223. The number of ether oxygens (including phenoxy) is 1. The van der Waals surface area contributed by atoms with Gasteiger partial charge in [-0.1, -0.05) is 179 Å². The molecule has 260 valence electrons. The van der Waals surface area contributed by atoms with E-state index < -0.39 is 0 Å². The molecule has 1 nitrogen and oxygen atoms in total. The first-order valence-electron chi connectivity index (χ1n) is 19.3. The van der Waals surface area contributed by atoms with Crippen LogP contribution in [0.3, 0.4) is 0 Å². The first-order chi connectivity index (χ1) is 25.4. The molecule has 0 spiro atoms. The maximum absolute atomic E-state index is 7.43. The van der Waals surface area contributed by atoms with Gasteiger partial charge in [-0.25, -0.2) is 0 Å². The molecule has 1 saturated heterocycles. The summed E-state index contributed by atoms with van der Waals surface area (Å²) in [5.41, 5.74) is 7.51. The van der Waals surface area contributed by atoms with E-state index in [4.69, 9.17) is 4.74 Å². The topological polar surface area (TPSA) is 9.23 Å². The van der Waals surface area contributed by atoms with Crippen molar-refractivity contribution in [3.05, 3.63) is 185 Å². The molecule has 0 saturated carbocycles. The lowest BCUT2D eigenvalue weighted by Crippen LogP contribution is -2.41. The lowest BCUT2D eigenvalue weighted by Gasteiger charge is -2.42. The zero-order chi connectivity index (χ0) is 35.9. The molecule has 1 heterocycles. The third kappa shape index (κ3) is 6.16. The minimum Gasteiger partial charge on any atom is -0.371 e. The quantitative estimate of drug-likeness (QED) is 0.170. The van der Waals surface area contributed by atoms with Crippen LogP contribution in [0.2, 0.25) is 0 Å². The Bertz CT molecular complexity index is 2330. The molecule has 7 aromatic rings. The Morgan fingerprint density at radius 1 is 0.596 bits per heavy atom. The van der Waals surface area contributed by atoms with Crippen LogP contribution >= 0.6 is 0 Å². The van der Waals surface area contributed by atoms with Gasteiger partial charge in [-0.15, -0.1) is 0 Å². The molecule has 0 amide bonds. The highest BCUT2D eigenvalue weighted by Gasteiger charge is 2.53. The first kappa shape index (κ1) is 34.1. The number of benzene rings is 7. The molecular formula is C51H50O. The van der Waals surface area contributed by atoms with Gasteiger partial charge < -0.3 is 4.74 Å². The SMILES string of the molecule is CC.CC1(C)C[C@@H](C(C)(c2ccc3c(c2)C=CCC3)c2ccc3ccccc3c2)C(C(c2ccc3ccccc3c2)c2ccc3ccccc3c2)O1. The summed E-state index contributed by atoms with van der Waals surface area (Å²) >= 11 is 0. The minimum atomic E-state index is -0.325. The van der Waals surface area contributed by atoms with Gasteiger partial charge in [0.25, 0.3) is 0 Å². The second-order valence-electron chi connectivity index (χ2n) is 15.5. The Balaban J connectivity index is 0.00000190. The van der Waals surface area contributed by atoms with E-state index in [1.807, 2.05) is 13.8 Å². The van der Waals surface area contributed by atoms with Crippen molar-refractivity contribution in [2.45, 2.75) is 76.9 Å². The van der Waals surface area contributed by atoms with E-state index in [0.29, 0.717) is 0 Å². The van der Waals surface area contributed by atoms with Crippen LogP contribution in [0.1, 0.15) is 86.8 Å². The lowest BCUT2D eigenvalue weighted by molar-refractivity contribution is -0.0314. The van der Waals surface area contributed by atoms with Gasteiger partial charge in [0.15, 0.2) is 0 Å². The van der Waals surface area contributed by atoms with E-state index in [-0.39, 0.29) is 29.0 Å². The van der Waals surface area contributed by atoms with Crippen LogP contribution < -0.4 is 0 Å². The van der Waals surface area contributed by atoms with Crippen LogP contribution in [0.4, 0.5) is 0 Å². The summed E-state index contributed by atoms with van der Waals surface area (Å²) in [7, 11) is 0. The van der Waals surface area contributed by atoms with Crippen molar-refractivity contribution in [3.8, 4) is 0 Å². The van der Waals surface area contributed by atoms with Crippen molar-refractivity contribution in [1.29, 1.82) is 0 Å². The zero-order valence-corrected chi connectivity index (χ0v) is 31.3. The van der Waals surface area contributed by atoms with E-state index in [9.17, 15) is 0 Å². The number of aryl methyl sites for hydroxylation is 1. The van der Waals surface area contributed by atoms with E-state index >= 15 is 0 Å². The summed E-state index contributed by atoms with van der Waals surface area (Å²) in [6.07, 6.45) is 7.76. The largest absolute Gasteiger partial charge is 0.371 e. The number of hydrogen-bond acceptors (Lipinski definition) is 1. The number of fused-ring (bicyclic) bond motifs is 4. The molecule has 7 aromatic carbocycles. The van der Waals surface area contributed by atoms with Crippen molar-refractivity contribution in [3.63, 3.8) is 0 Å². The average molecular weight is 679 g/mol. The van der Waals surface area contributed by atoms with E-state index in [2.05, 4.69) is 179 Å². The van der Waals surface area contributed by atoms with Gasteiger partial charge in [0.2, 0.25) is 0 Å². The summed E-state index contributed by atoms with van der Waals surface area (Å²) in [6, 6.07) is 54.9. The van der Waals surface area contributed by atoms with Crippen molar-refractivity contribution in [2.24, 2.45) is 5.92 Å². The van der Waals surface area contributed by atoms with Crippen molar-refractivity contribution in [1.82, 2.24) is 0 Å². The maximum Gasteiger partial charge on any atom is 0.0732 e. The van der Waals surface area contributed by atoms with Crippen LogP contribution in [0, 0.1) is 5.92 Å². The van der Waals surface area contributed by atoms with Crippen LogP contribution in [0.5, 0.6) is 0 Å². The second kappa shape index (κ2) is 13.9. The highest BCUT2D eigenvalue weighted by Crippen LogP contribution is 2.55. The molecule has 0 bridgehead atoms. The maximum atomic E-state index is 7.43. The van der Waals surface area contributed by atoms with Crippen LogP contribution in [-0.2, 0) is 16.6 Å². The Hall–Kier alpha value is -4.98. The van der Waals surface area contributed by atoms with Gasteiger partial charge >= 0.3 is 0 Å².